The van der Waals surface area contributed by atoms with Gasteiger partial charge in [-0.25, -0.2) is 18.4 Å². The van der Waals surface area contributed by atoms with Crippen molar-refractivity contribution in [2.24, 2.45) is 0 Å². The molecule has 2 heterocycles. The van der Waals surface area contributed by atoms with Crippen molar-refractivity contribution in [1.29, 1.82) is 5.26 Å². The van der Waals surface area contributed by atoms with Gasteiger partial charge in [-0.05, 0) is 84.5 Å². The molecule has 1 fully saturated rings. The van der Waals surface area contributed by atoms with Crippen LogP contribution in [-0.2, 0) is 43.0 Å². The van der Waals surface area contributed by atoms with Gasteiger partial charge in [-0.3, -0.25) is 23.9 Å². The second-order valence-electron chi connectivity index (χ2n) is 14.8. The monoisotopic (exact) mass is 826 g/mol. The predicted octanol–water partition coefficient (Wildman–Crippen LogP) is 6.50. The minimum Gasteiger partial charge on any atom is -0.491 e. The largest absolute Gasteiger partial charge is 0.491 e. The molecule has 16 heteroatoms. The minimum absolute atomic E-state index is 0.0246. The number of carbonyl (C=O) groups excluding carboxylic acids is 4. The van der Waals surface area contributed by atoms with E-state index < -0.39 is 21.5 Å². The topological polar surface area (TPSA) is 198 Å². The number of halogens is 1. The van der Waals surface area contributed by atoms with Crippen LogP contribution in [0.4, 0.5) is 11.6 Å². The molecule has 2 aliphatic rings. The Kier molecular flexibility index (Phi) is 12.8. The van der Waals surface area contributed by atoms with Crippen LogP contribution in [-0.4, -0.2) is 65.6 Å². The first-order valence-corrected chi connectivity index (χ1v) is 21.1. The number of hydrogen-bond donors (Lipinski definition) is 2. The van der Waals surface area contributed by atoms with Gasteiger partial charge in [0.2, 0.25) is 21.9 Å². The predicted molar refractivity (Wildman–Crippen MR) is 216 cm³/mol. The van der Waals surface area contributed by atoms with Gasteiger partial charge in [0.05, 0.1) is 35.2 Å². The molecule has 6 rings (SSSR count). The third-order valence-corrected chi connectivity index (χ3v) is 11.0. The van der Waals surface area contributed by atoms with Crippen molar-refractivity contribution in [3.63, 3.8) is 0 Å². The van der Waals surface area contributed by atoms with Crippen molar-refractivity contribution in [3.8, 4) is 17.6 Å². The molecule has 1 aromatic heterocycles. The minimum atomic E-state index is -3.52. The summed E-state index contributed by atoms with van der Waals surface area (Å²) in [5, 5.41) is 13.2. The maximum Gasteiger partial charge on any atom is 0.255 e. The Morgan fingerprint density at radius 1 is 1.02 bits per heavy atom. The summed E-state index contributed by atoms with van der Waals surface area (Å²) < 4.78 is 37.0. The highest BCUT2D eigenvalue weighted by Crippen LogP contribution is 2.39. The molecule has 4 aromatic rings. The van der Waals surface area contributed by atoms with Crippen LogP contribution in [0.3, 0.4) is 0 Å². The van der Waals surface area contributed by atoms with Crippen LogP contribution in [0, 0.1) is 11.3 Å². The van der Waals surface area contributed by atoms with E-state index in [0.717, 1.165) is 17.4 Å². The highest BCUT2D eigenvalue weighted by molar-refractivity contribution is 7.92. The Morgan fingerprint density at radius 2 is 1.79 bits per heavy atom. The summed E-state index contributed by atoms with van der Waals surface area (Å²) in [7, 11) is -3.52. The van der Waals surface area contributed by atoms with E-state index in [4.69, 9.17) is 21.1 Å². The van der Waals surface area contributed by atoms with E-state index in [0.29, 0.717) is 53.9 Å². The van der Waals surface area contributed by atoms with Crippen LogP contribution < -0.4 is 19.5 Å². The Labute approximate surface area is 342 Å². The highest BCUT2D eigenvalue weighted by Gasteiger charge is 2.37. The number of ketones is 2. The Morgan fingerprint density at radius 3 is 2.53 bits per heavy atom. The van der Waals surface area contributed by atoms with Gasteiger partial charge in [0.25, 0.3) is 5.91 Å². The third-order valence-electron chi connectivity index (χ3n) is 10.2. The summed E-state index contributed by atoms with van der Waals surface area (Å²) in [4.78, 5) is 60.5. The quantitative estimate of drug-likeness (QED) is 0.132. The first kappa shape index (κ1) is 41.8. The van der Waals surface area contributed by atoms with E-state index in [1.165, 1.54) is 6.20 Å². The number of anilines is 2. The molecule has 58 heavy (non-hydrogen) atoms. The lowest BCUT2D eigenvalue weighted by molar-refractivity contribution is -0.126. The molecule has 0 bridgehead atoms. The smallest absolute Gasteiger partial charge is 0.255 e. The van der Waals surface area contributed by atoms with Crippen molar-refractivity contribution >= 4 is 56.6 Å². The third kappa shape index (κ3) is 10.2. The summed E-state index contributed by atoms with van der Waals surface area (Å²) in [5.41, 5.74) is 3.59. The van der Waals surface area contributed by atoms with Crippen LogP contribution in [0.25, 0.3) is 0 Å². The molecule has 1 saturated carbocycles. The van der Waals surface area contributed by atoms with Gasteiger partial charge < -0.3 is 19.7 Å². The molecule has 2 amide bonds. The van der Waals surface area contributed by atoms with Crippen LogP contribution in [0.15, 0.2) is 66.9 Å². The molecule has 1 unspecified atom stereocenters. The van der Waals surface area contributed by atoms with Gasteiger partial charge >= 0.3 is 0 Å². The standard InChI is InChI=1S/C42H43ClN6O8S/c1-42(2,28-9-13-33(14-10-28)57-25-31-17-18-45-41(47-31)48-58(3,54)55)29-20-26(23-44)39(35(43)22-29)56-19-5-8-38(52)46-30-11-15-34-27(21-30)24-49(40(34)53)36-16-12-32(50)6-4-7-37(36)51/h9-11,13-15,17-18,20-22,36H,4-8,12,16,19,24-25H2,1-3H3,(H,46,52)(H,45,47,48). The SMILES string of the molecule is CC(C)(c1ccc(OCc2ccnc(NS(C)(=O)=O)n2)cc1)c1cc(Cl)c(OCCCC(=O)Nc2ccc3c(c2)CN(C2CCC(=O)CCCC2=O)C3=O)c(C#N)c1. The second-order valence-corrected chi connectivity index (χ2v) is 17.0. The van der Waals surface area contributed by atoms with Gasteiger partial charge in [-0.2, -0.15) is 5.26 Å². The zero-order valence-electron chi connectivity index (χ0n) is 32.3. The van der Waals surface area contributed by atoms with Crippen molar-refractivity contribution in [2.75, 3.05) is 22.9 Å². The zero-order chi connectivity index (χ0) is 41.6. The van der Waals surface area contributed by atoms with E-state index in [1.807, 2.05) is 26.0 Å². The number of Topliss-reactive ketones (excluding diaryl/α,β-unsaturated/α-hetero) is 2. The van der Waals surface area contributed by atoms with Gasteiger partial charge in [0.1, 0.15) is 24.2 Å². The summed E-state index contributed by atoms with van der Waals surface area (Å²) in [6, 6.07) is 19.2. The zero-order valence-corrected chi connectivity index (χ0v) is 33.9. The molecule has 0 radical (unpaired) electrons. The Hall–Kier alpha value is -5.85. The number of carbonyl (C=O) groups is 4. The molecule has 3 aromatic carbocycles. The number of nitriles is 1. The van der Waals surface area contributed by atoms with Crippen LogP contribution in [0.2, 0.25) is 5.02 Å². The average Bonchev–Trinajstić information content (AvgIpc) is 3.49. The lowest BCUT2D eigenvalue weighted by Gasteiger charge is -2.27. The average molecular weight is 827 g/mol. The van der Waals surface area contributed by atoms with Crippen LogP contribution in [0.1, 0.15) is 97.1 Å². The van der Waals surface area contributed by atoms with Crippen molar-refractivity contribution in [3.05, 3.63) is 105 Å². The molecular weight excluding hydrogens is 784 g/mol. The van der Waals surface area contributed by atoms with E-state index >= 15 is 0 Å². The Bertz CT molecular complexity index is 2400. The lowest BCUT2D eigenvalue weighted by atomic mass is 9.77. The number of ether oxygens (including phenoxy) is 2. The fourth-order valence-electron chi connectivity index (χ4n) is 7.01. The molecule has 1 aliphatic carbocycles. The van der Waals surface area contributed by atoms with Gasteiger partial charge in [0.15, 0.2) is 11.5 Å². The number of fused-ring (bicyclic) bond motifs is 1. The number of aromatic nitrogens is 2. The molecular formula is C42H43ClN6O8S. The molecule has 0 saturated heterocycles. The summed E-state index contributed by atoms with van der Waals surface area (Å²) >= 11 is 6.69. The van der Waals surface area contributed by atoms with Gasteiger partial charge in [-0.1, -0.05) is 37.6 Å². The molecule has 0 spiro atoms. The van der Waals surface area contributed by atoms with E-state index in [1.54, 1.807) is 53.4 Å². The number of nitrogens with one attached hydrogen (secondary N) is 2. The number of hydrogen-bond acceptors (Lipinski definition) is 11. The fourth-order valence-corrected chi connectivity index (χ4v) is 7.71. The molecule has 2 N–H and O–H groups in total. The first-order chi connectivity index (χ1) is 27.6. The Balaban J connectivity index is 1.01. The molecule has 14 nitrogen and oxygen atoms in total. The molecule has 1 atom stereocenters. The maximum absolute atomic E-state index is 13.2. The van der Waals surface area contributed by atoms with Crippen molar-refractivity contribution < 1.29 is 37.1 Å². The van der Waals surface area contributed by atoms with Gasteiger partial charge in [-0.15, -0.1) is 0 Å². The summed E-state index contributed by atoms with van der Waals surface area (Å²) in [6.07, 6.45) is 4.69. The summed E-state index contributed by atoms with van der Waals surface area (Å²) in [6.45, 7) is 4.46. The first-order valence-electron chi connectivity index (χ1n) is 18.8. The number of amides is 2. The van der Waals surface area contributed by atoms with Crippen molar-refractivity contribution in [1.82, 2.24) is 14.9 Å². The van der Waals surface area contributed by atoms with E-state index in [2.05, 4.69) is 26.1 Å². The van der Waals surface area contributed by atoms with Gasteiger partial charge in [0, 0.05) is 55.1 Å². The number of benzene rings is 3. The normalized spacial score (nSPS) is 15.9. The van der Waals surface area contributed by atoms with E-state index in [9.17, 15) is 32.9 Å². The molecule has 1 aliphatic heterocycles. The van der Waals surface area contributed by atoms with Crippen LogP contribution >= 0.6 is 11.6 Å². The number of sulfonamides is 1. The van der Waals surface area contributed by atoms with E-state index in [-0.39, 0.29) is 84.7 Å². The van der Waals surface area contributed by atoms with Crippen molar-refractivity contribution in [2.45, 2.75) is 83.4 Å². The summed E-state index contributed by atoms with van der Waals surface area (Å²) in [5.74, 6) is 0.333. The lowest BCUT2D eigenvalue weighted by Crippen LogP contribution is -2.42. The molecule has 302 valence electrons. The highest BCUT2D eigenvalue weighted by atomic mass is 35.5. The van der Waals surface area contributed by atoms with Crippen LogP contribution in [0.5, 0.6) is 11.5 Å². The number of rotatable bonds is 14. The maximum atomic E-state index is 13.2. The number of nitrogens with zero attached hydrogens (tertiary/aromatic N) is 4. The fraction of sp³-hybridized carbons (Fsp3) is 0.357. The second kappa shape index (κ2) is 17.7.